The molecule has 3 rings (SSSR count). The molecule has 2 aliphatic heterocycles. The summed E-state index contributed by atoms with van der Waals surface area (Å²) in [4.78, 5) is 17.5. The first kappa shape index (κ1) is 11.7. The summed E-state index contributed by atoms with van der Waals surface area (Å²) in [6.45, 7) is 0.708. The van der Waals surface area contributed by atoms with E-state index in [-0.39, 0.29) is 12.5 Å². The van der Waals surface area contributed by atoms with Crippen molar-refractivity contribution in [3.8, 4) is 0 Å². The van der Waals surface area contributed by atoms with Crippen LogP contribution in [0.1, 0.15) is 18.4 Å². The lowest BCUT2D eigenvalue weighted by Gasteiger charge is -2.40. The van der Waals surface area contributed by atoms with Crippen molar-refractivity contribution >= 4 is 39.5 Å². The van der Waals surface area contributed by atoms with Gasteiger partial charge in [0.25, 0.3) is 0 Å². The van der Waals surface area contributed by atoms with E-state index in [2.05, 4.69) is 31.9 Å². The molecule has 1 N–H and O–H groups in total. The Morgan fingerprint density at radius 3 is 3.17 bits per heavy atom. The van der Waals surface area contributed by atoms with E-state index in [4.69, 9.17) is 5.11 Å². The van der Waals surface area contributed by atoms with Gasteiger partial charge in [-0.15, -0.1) is 0 Å². The van der Waals surface area contributed by atoms with Crippen molar-refractivity contribution in [1.82, 2.24) is 0 Å². The van der Waals surface area contributed by atoms with E-state index in [0.717, 1.165) is 28.7 Å². The Kier molecular flexibility index (Phi) is 2.86. The van der Waals surface area contributed by atoms with Crippen molar-refractivity contribution in [2.75, 3.05) is 11.4 Å². The fourth-order valence-electron chi connectivity index (χ4n) is 2.80. The molecule has 0 radical (unpaired) electrons. The lowest BCUT2D eigenvalue weighted by molar-refractivity contribution is -0.137. The van der Waals surface area contributed by atoms with Gasteiger partial charge in [-0.05, 0) is 30.5 Å². The monoisotopic (exact) mass is 308 g/mol. The van der Waals surface area contributed by atoms with Crippen LogP contribution in [0.15, 0.2) is 21.6 Å². The predicted molar refractivity (Wildman–Crippen MR) is 74.0 cm³/mol. The minimum Gasteiger partial charge on any atom is -0.481 e. The third-order valence-electron chi connectivity index (χ3n) is 3.53. The van der Waals surface area contributed by atoms with Crippen LogP contribution in [0.2, 0.25) is 0 Å². The van der Waals surface area contributed by atoms with Crippen LogP contribution < -0.4 is 4.90 Å². The lowest BCUT2D eigenvalue weighted by atomic mass is 9.92. The number of hydrogen-bond donors (Lipinski definition) is 1. The van der Waals surface area contributed by atoms with E-state index in [1.54, 1.807) is 0 Å². The van der Waals surface area contributed by atoms with Crippen LogP contribution in [0, 0.1) is 0 Å². The van der Waals surface area contributed by atoms with E-state index in [1.807, 2.05) is 12.3 Å². The molecule has 1 atom stereocenters. The smallest absolute Gasteiger partial charge is 0.305 e. The average molecular weight is 309 g/mol. The maximum Gasteiger partial charge on any atom is 0.305 e. The molecule has 5 heteroatoms. The molecule has 0 saturated heterocycles. The molecular weight excluding hydrogens is 296 g/mol. The summed E-state index contributed by atoms with van der Waals surface area (Å²) in [7, 11) is 0. The summed E-state index contributed by atoms with van der Waals surface area (Å²) in [5.74, 6) is -0.732. The van der Waals surface area contributed by atoms with Crippen LogP contribution >= 0.6 is 15.9 Å². The number of carboxylic acid groups (broad SMARTS) is 1. The number of halogens is 1. The van der Waals surface area contributed by atoms with E-state index in [9.17, 15) is 4.79 Å². The zero-order valence-electron chi connectivity index (χ0n) is 9.77. The molecule has 0 saturated carbocycles. The standard InChI is InChI=1S/C13H13BrN2O2/c14-9-5-8-1-2-10(7-12(17)18)16-4-3-15-11(6-9)13(8)16/h3,5-6,10H,1-2,4,7H2,(H,17,18). The SMILES string of the molecule is O=C(O)CC1CCc2cc(Br)cc3c2N1CC=N3. The summed E-state index contributed by atoms with van der Waals surface area (Å²) in [6.07, 6.45) is 3.87. The van der Waals surface area contributed by atoms with Crippen molar-refractivity contribution in [2.45, 2.75) is 25.3 Å². The molecule has 0 amide bonds. The number of hydrogen-bond acceptors (Lipinski definition) is 3. The summed E-state index contributed by atoms with van der Waals surface area (Å²) >= 11 is 3.49. The number of benzene rings is 1. The van der Waals surface area contributed by atoms with Crippen LogP contribution in [0.5, 0.6) is 0 Å². The zero-order chi connectivity index (χ0) is 12.7. The molecule has 4 nitrogen and oxygen atoms in total. The summed E-state index contributed by atoms with van der Waals surface area (Å²) in [5.41, 5.74) is 3.33. The molecule has 0 spiro atoms. The van der Waals surface area contributed by atoms with E-state index in [1.165, 1.54) is 5.56 Å². The quantitative estimate of drug-likeness (QED) is 0.914. The van der Waals surface area contributed by atoms with Crippen molar-refractivity contribution in [1.29, 1.82) is 0 Å². The maximum atomic E-state index is 10.9. The van der Waals surface area contributed by atoms with Gasteiger partial charge >= 0.3 is 5.97 Å². The Morgan fingerprint density at radius 1 is 1.56 bits per heavy atom. The highest BCUT2D eigenvalue weighted by atomic mass is 79.9. The summed E-state index contributed by atoms with van der Waals surface area (Å²) in [6, 6.07) is 4.19. The van der Waals surface area contributed by atoms with Gasteiger partial charge in [0, 0.05) is 16.7 Å². The Hall–Kier alpha value is -1.36. The molecule has 2 aliphatic rings. The van der Waals surface area contributed by atoms with E-state index >= 15 is 0 Å². The van der Waals surface area contributed by atoms with Crippen LogP contribution in [0.25, 0.3) is 0 Å². The normalized spacial score (nSPS) is 20.7. The summed E-state index contributed by atoms with van der Waals surface area (Å²) in [5, 5.41) is 8.99. The summed E-state index contributed by atoms with van der Waals surface area (Å²) < 4.78 is 1.03. The van der Waals surface area contributed by atoms with Crippen LogP contribution in [-0.2, 0) is 11.2 Å². The third kappa shape index (κ3) is 1.92. The van der Waals surface area contributed by atoms with Crippen LogP contribution in [0.3, 0.4) is 0 Å². The Labute approximate surface area is 113 Å². The Balaban J connectivity index is 2.04. The highest BCUT2D eigenvalue weighted by Crippen LogP contribution is 2.42. The molecule has 94 valence electrons. The Bertz CT molecular complexity index is 542. The van der Waals surface area contributed by atoms with Gasteiger partial charge in [-0.25, -0.2) is 0 Å². The molecule has 2 heterocycles. The zero-order valence-corrected chi connectivity index (χ0v) is 11.4. The second-order valence-electron chi connectivity index (χ2n) is 4.69. The van der Waals surface area contributed by atoms with Crippen molar-refractivity contribution in [2.24, 2.45) is 4.99 Å². The first-order valence-electron chi connectivity index (χ1n) is 5.98. The van der Waals surface area contributed by atoms with Gasteiger partial charge in [-0.3, -0.25) is 9.79 Å². The maximum absolute atomic E-state index is 10.9. The van der Waals surface area contributed by atoms with Gasteiger partial charge in [0.15, 0.2) is 0 Å². The molecule has 18 heavy (non-hydrogen) atoms. The van der Waals surface area contributed by atoms with Crippen LogP contribution in [0.4, 0.5) is 11.4 Å². The molecule has 0 aliphatic carbocycles. The third-order valence-corrected chi connectivity index (χ3v) is 3.99. The number of aliphatic imine (C=N–C) groups is 1. The molecule has 0 fully saturated rings. The first-order valence-corrected chi connectivity index (χ1v) is 6.78. The highest BCUT2D eigenvalue weighted by Gasteiger charge is 2.31. The number of carboxylic acids is 1. The number of aliphatic carboxylic acids is 1. The fourth-order valence-corrected chi connectivity index (χ4v) is 3.30. The van der Waals surface area contributed by atoms with Crippen molar-refractivity contribution in [3.05, 3.63) is 22.2 Å². The van der Waals surface area contributed by atoms with Gasteiger partial charge in [0.05, 0.1) is 24.3 Å². The van der Waals surface area contributed by atoms with Gasteiger partial charge < -0.3 is 10.0 Å². The molecule has 1 unspecified atom stereocenters. The molecule has 0 aromatic heterocycles. The largest absolute Gasteiger partial charge is 0.481 e. The average Bonchev–Trinajstić information content (AvgIpc) is 2.32. The number of aryl methyl sites for hydroxylation is 1. The highest BCUT2D eigenvalue weighted by molar-refractivity contribution is 9.10. The van der Waals surface area contributed by atoms with Crippen LogP contribution in [-0.4, -0.2) is 29.9 Å². The topological polar surface area (TPSA) is 52.9 Å². The van der Waals surface area contributed by atoms with Gasteiger partial charge in [-0.2, -0.15) is 0 Å². The molecular formula is C13H13BrN2O2. The molecule has 1 aromatic rings. The molecule has 1 aromatic carbocycles. The number of nitrogens with zero attached hydrogens (tertiary/aromatic N) is 2. The number of carbonyl (C=O) groups is 1. The fraction of sp³-hybridized carbons (Fsp3) is 0.385. The predicted octanol–water partition coefficient (Wildman–Crippen LogP) is 2.76. The van der Waals surface area contributed by atoms with Gasteiger partial charge in [-0.1, -0.05) is 15.9 Å². The first-order chi connectivity index (χ1) is 8.65. The second-order valence-corrected chi connectivity index (χ2v) is 5.60. The van der Waals surface area contributed by atoms with Gasteiger partial charge in [0.2, 0.25) is 0 Å². The lowest BCUT2D eigenvalue weighted by Crippen LogP contribution is -2.43. The van der Waals surface area contributed by atoms with E-state index in [0.29, 0.717) is 6.54 Å². The van der Waals surface area contributed by atoms with E-state index < -0.39 is 5.97 Å². The number of rotatable bonds is 2. The van der Waals surface area contributed by atoms with Crippen molar-refractivity contribution < 1.29 is 9.90 Å². The number of anilines is 1. The molecule has 0 bridgehead atoms. The second kappa shape index (κ2) is 4.39. The Morgan fingerprint density at radius 2 is 2.39 bits per heavy atom. The van der Waals surface area contributed by atoms with Crippen molar-refractivity contribution in [3.63, 3.8) is 0 Å². The minimum atomic E-state index is -0.732. The minimum absolute atomic E-state index is 0.0849. The van der Waals surface area contributed by atoms with Gasteiger partial charge in [0.1, 0.15) is 0 Å².